The molecule has 0 bridgehead atoms. The number of amides is 1. The fourth-order valence-electron chi connectivity index (χ4n) is 1.34. The van der Waals surface area contributed by atoms with E-state index >= 15 is 0 Å². The Bertz CT molecular complexity index is 159. The second-order valence-electron chi connectivity index (χ2n) is 3.30. The standard InChI is InChI=1S/C9H17NOS/c1-3-6-12-8-4-5-10(2)9(11)7-8/h8H,3-7H2,1-2H3. The van der Waals surface area contributed by atoms with Crippen LogP contribution in [0.5, 0.6) is 0 Å². The molecule has 1 heterocycles. The lowest BCUT2D eigenvalue weighted by atomic mass is 10.1. The van der Waals surface area contributed by atoms with E-state index in [0.29, 0.717) is 11.2 Å². The summed E-state index contributed by atoms with van der Waals surface area (Å²) in [6.07, 6.45) is 3.14. The van der Waals surface area contributed by atoms with E-state index in [1.54, 1.807) is 0 Å². The van der Waals surface area contributed by atoms with Crippen LogP contribution in [0, 0.1) is 0 Å². The van der Waals surface area contributed by atoms with Gasteiger partial charge < -0.3 is 4.90 Å². The molecule has 0 aromatic heterocycles. The summed E-state index contributed by atoms with van der Waals surface area (Å²) in [4.78, 5) is 13.1. The molecule has 0 aromatic carbocycles. The second-order valence-corrected chi connectivity index (χ2v) is 4.71. The lowest BCUT2D eigenvalue weighted by molar-refractivity contribution is -0.131. The average Bonchev–Trinajstić information content (AvgIpc) is 2.07. The molecule has 1 atom stereocenters. The fourth-order valence-corrected chi connectivity index (χ4v) is 2.44. The predicted octanol–water partition coefficient (Wildman–Crippen LogP) is 1.75. The van der Waals surface area contributed by atoms with Crippen molar-refractivity contribution in [3.05, 3.63) is 0 Å². The molecule has 1 rings (SSSR count). The summed E-state index contributed by atoms with van der Waals surface area (Å²) >= 11 is 1.96. The summed E-state index contributed by atoms with van der Waals surface area (Å²) in [5, 5.41) is 0.591. The molecule has 3 heteroatoms. The maximum atomic E-state index is 11.3. The highest BCUT2D eigenvalue weighted by molar-refractivity contribution is 7.99. The number of nitrogens with zero attached hydrogens (tertiary/aromatic N) is 1. The molecule has 12 heavy (non-hydrogen) atoms. The molecule has 2 nitrogen and oxygen atoms in total. The van der Waals surface area contributed by atoms with Crippen molar-refractivity contribution in [2.45, 2.75) is 31.4 Å². The van der Waals surface area contributed by atoms with Crippen LogP contribution in [-0.2, 0) is 4.79 Å². The van der Waals surface area contributed by atoms with Gasteiger partial charge in [0.15, 0.2) is 0 Å². The fraction of sp³-hybridized carbons (Fsp3) is 0.889. The van der Waals surface area contributed by atoms with E-state index in [-0.39, 0.29) is 0 Å². The van der Waals surface area contributed by atoms with Crippen molar-refractivity contribution in [3.63, 3.8) is 0 Å². The number of carbonyl (C=O) groups is 1. The number of hydrogen-bond acceptors (Lipinski definition) is 2. The number of carbonyl (C=O) groups excluding carboxylic acids is 1. The Balaban J connectivity index is 2.25. The first-order valence-corrected chi connectivity index (χ1v) is 5.64. The van der Waals surface area contributed by atoms with Crippen LogP contribution in [0.15, 0.2) is 0 Å². The largest absolute Gasteiger partial charge is 0.346 e. The zero-order chi connectivity index (χ0) is 8.97. The molecular formula is C9H17NOS. The topological polar surface area (TPSA) is 20.3 Å². The van der Waals surface area contributed by atoms with Gasteiger partial charge in [0, 0.05) is 25.3 Å². The van der Waals surface area contributed by atoms with Crippen LogP contribution in [0.25, 0.3) is 0 Å². The molecule has 1 saturated heterocycles. The maximum Gasteiger partial charge on any atom is 0.223 e. The van der Waals surface area contributed by atoms with E-state index in [4.69, 9.17) is 0 Å². The Morgan fingerprint density at radius 3 is 3.00 bits per heavy atom. The van der Waals surface area contributed by atoms with Crippen molar-refractivity contribution in [1.29, 1.82) is 0 Å². The highest BCUT2D eigenvalue weighted by atomic mass is 32.2. The van der Waals surface area contributed by atoms with Crippen LogP contribution in [0.3, 0.4) is 0 Å². The monoisotopic (exact) mass is 187 g/mol. The molecule has 0 spiro atoms. The highest BCUT2D eigenvalue weighted by Gasteiger charge is 2.22. The predicted molar refractivity (Wildman–Crippen MR) is 53.4 cm³/mol. The Labute approximate surface area is 78.7 Å². The van der Waals surface area contributed by atoms with Crippen LogP contribution in [0.4, 0.5) is 0 Å². The Morgan fingerprint density at radius 1 is 1.67 bits per heavy atom. The summed E-state index contributed by atoms with van der Waals surface area (Å²) in [6, 6.07) is 0. The van der Waals surface area contributed by atoms with Gasteiger partial charge in [-0.1, -0.05) is 6.92 Å². The molecule has 1 aliphatic rings. The number of likely N-dealkylation sites (tertiary alicyclic amines) is 1. The van der Waals surface area contributed by atoms with Gasteiger partial charge in [0.25, 0.3) is 0 Å². The second kappa shape index (κ2) is 4.75. The van der Waals surface area contributed by atoms with Gasteiger partial charge in [0.1, 0.15) is 0 Å². The molecule has 0 N–H and O–H groups in total. The van der Waals surface area contributed by atoms with Crippen LogP contribution in [-0.4, -0.2) is 35.4 Å². The third kappa shape index (κ3) is 2.70. The summed E-state index contributed by atoms with van der Waals surface area (Å²) in [5.41, 5.74) is 0. The zero-order valence-corrected chi connectivity index (χ0v) is 8.69. The van der Waals surface area contributed by atoms with Gasteiger partial charge in [-0.15, -0.1) is 0 Å². The van der Waals surface area contributed by atoms with Gasteiger partial charge in [-0.3, -0.25) is 4.79 Å². The number of hydrogen-bond donors (Lipinski definition) is 0. The first-order chi connectivity index (χ1) is 5.74. The summed E-state index contributed by atoms with van der Waals surface area (Å²) in [7, 11) is 1.89. The molecule has 70 valence electrons. The van der Waals surface area contributed by atoms with E-state index in [1.165, 1.54) is 18.6 Å². The van der Waals surface area contributed by atoms with Crippen LogP contribution in [0.2, 0.25) is 0 Å². The Morgan fingerprint density at radius 2 is 2.42 bits per heavy atom. The Kier molecular flexibility index (Phi) is 3.92. The van der Waals surface area contributed by atoms with Gasteiger partial charge in [-0.2, -0.15) is 11.8 Å². The number of thioether (sulfide) groups is 1. The number of piperidine rings is 1. The van der Waals surface area contributed by atoms with Gasteiger partial charge in [0.05, 0.1) is 0 Å². The van der Waals surface area contributed by atoms with Crippen molar-refractivity contribution < 1.29 is 4.79 Å². The number of rotatable bonds is 3. The van der Waals surface area contributed by atoms with Gasteiger partial charge >= 0.3 is 0 Å². The molecule has 1 fully saturated rings. The third-order valence-corrected chi connectivity index (χ3v) is 3.69. The lowest BCUT2D eigenvalue weighted by Crippen LogP contribution is -2.36. The maximum absolute atomic E-state index is 11.3. The van der Waals surface area contributed by atoms with Crippen molar-refractivity contribution in [2.75, 3.05) is 19.3 Å². The van der Waals surface area contributed by atoms with Crippen molar-refractivity contribution in [1.82, 2.24) is 4.90 Å². The third-order valence-electron chi connectivity index (χ3n) is 2.17. The molecule has 0 radical (unpaired) electrons. The Hall–Kier alpha value is -0.180. The first kappa shape index (κ1) is 9.90. The molecular weight excluding hydrogens is 170 g/mol. The quantitative estimate of drug-likeness (QED) is 0.671. The molecule has 1 unspecified atom stereocenters. The molecule has 0 saturated carbocycles. The van der Waals surface area contributed by atoms with E-state index in [2.05, 4.69) is 6.92 Å². The molecule has 0 aromatic rings. The minimum absolute atomic E-state index is 0.315. The molecule has 1 amide bonds. The first-order valence-electron chi connectivity index (χ1n) is 4.59. The van der Waals surface area contributed by atoms with Crippen LogP contribution >= 0.6 is 11.8 Å². The van der Waals surface area contributed by atoms with Gasteiger partial charge in [0.2, 0.25) is 5.91 Å². The summed E-state index contributed by atoms with van der Waals surface area (Å²) in [6.45, 7) is 3.13. The zero-order valence-electron chi connectivity index (χ0n) is 7.88. The average molecular weight is 187 g/mol. The SMILES string of the molecule is CCCSC1CCN(C)C(=O)C1. The molecule has 0 aliphatic carbocycles. The van der Waals surface area contributed by atoms with Gasteiger partial charge in [-0.25, -0.2) is 0 Å². The van der Waals surface area contributed by atoms with Crippen molar-refractivity contribution >= 4 is 17.7 Å². The lowest BCUT2D eigenvalue weighted by Gasteiger charge is -2.28. The van der Waals surface area contributed by atoms with Crippen molar-refractivity contribution in [2.24, 2.45) is 0 Å². The van der Waals surface area contributed by atoms with E-state index in [0.717, 1.165) is 13.0 Å². The van der Waals surface area contributed by atoms with Crippen LogP contribution < -0.4 is 0 Å². The summed E-state index contributed by atoms with van der Waals surface area (Å²) in [5.74, 6) is 1.51. The minimum Gasteiger partial charge on any atom is -0.346 e. The normalized spacial score (nSPS) is 24.7. The van der Waals surface area contributed by atoms with Gasteiger partial charge in [-0.05, 0) is 18.6 Å². The van der Waals surface area contributed by atoms with E-state index < -0.39 is 0 Å². The minimum atomic E-state index is 0.315. The molecule has 1 aliphatic heterocycles. The van der Waals surface area contributed by atoms with E-state index in [9.17, 15) is 4.79 Å². The van der Waals surface area contributed by atoms with Crippen molar-refractivity contribution in [3.8, 4) is 0 Å². The highest BCUT2D eigenvalue weighted by Crippen LogP contribution is 2.23. The van der Waals surface area contributed by atoms with E-state index in [1.807, 2.05) is 23.7 Å². The van der Waals surface area contributed by atoms with Crippen LogP contribution in [0.1, 0.15) is 26.2 Å². The smallest absolute Gasteiger partial charge is 0.223 e. The summed E-state index contributed by atoms with van der Waals surface area (Å²) < 4.78 is 0.